The van der Waals surface area contributed by atoms with Crippen LogP contribution in [-0.2, 0) is 16.4 Å². The summed E-state index contributed by atoms with van der Waals surface area (Å²) in [6.45, 7) is 1.99. The number of carbonyl (C=O) groups excluding carboxylic acids is 1. The van der Waals surface area contributed by atoms with Gasteiger partial charge in [-0.05, 0) is 42.8 Å². The van der Waals surface area contributed by atoms with Gasteiger partial charge in [-0.1, -0.05) is 28.9 Å². The second kappa shape index (κ2) is 7.69. The quantitative estimate of drug-likeness (QED) is 0.681. The van der Waals surface area contributed by atoms with Gasteiger partial charge in [-0.3, -0.25) is 4.79 Å². The predicted molar refractivity (Wildman–Crippen MR) is 103 cm³/mol. The van der Waals surface area contributed by atoms with Gasteiger partial charge in [0, 0.05) is 11.8 Å². The number of nitrogens with one attached hydrogen (secondary N) is 1. The summed E-state index contributed by atoms with van der Waals surface area (Å²) in [6.07, 6.45) is 1.01. The van der Waals surface area contributed by atoms with E-state index in [0.717, 1.165) is 6.26 Å². The molecule has 1 N–H and O–H groups in total. The van der Waals surface area contributed by atoms with Crippen molar-refractivity contribution in [3.05, 3.63) is 70.1 Å². The molecule has 0 aliphatic heterocycles. The molecule has 146 valence electrons. The monoisotopic (exact) mass is 422 g/mol. The summed E-state index contributed by atoms with van der Waals surface area (Å²) in [4.78, 5) is 12.4. The highest BCUT2D eigenvalue weighted by Gasteiger charge is 2.18. The first-order valence-corrected chi connectivity index (χ1v) is 10.4. The van der Waals surface area contributed by atoms with E-state index < -0.39 is 15.7 Å². The molecule has 0 atom stereocenters. The fourth-order valence-corrected chi connectivity index (χ4v) is 3.84. The van der Waals surface area contributed by atoms with E-state index in [1.807, 2.05) is 0 Å². The van der Waals surface area contributed by atoms with E-state index in [0.29, 0.717) is 11.3 Å². The van der Waals surface area contributed by atoms with Gasteiger partial charge in [0.15, 0.2) is 15.7 Å². The van der Waals surface area contributed by atoms with Crippen molar-refractivity contribution < 1.29 is 17.6 Å². The van der Waals surface area contributed by atoms with E-state index in [4.69, 9.17) is 11.6 Å². The summed E-state index contributed by atoms with van der Waals surface area (Å²) in [6, 6.07) is 10.1. The molecule has 1 amide bonds. The molecule has 28 heavy (non-hydrogen) atoms. The number of hydrogen-bond donors (Lipinski definition) is 1. The Morgan fingerprint density at radius 3 is 2.68 bits per heavy atom. The number of halogens is 2. The van der Waals surface area contributed by atoms with Crippen molar-refractivity contribution in [1.82, 2.24) is 15.0 Å². The summed E-state index contributed by atoms with van der Waals surface area (Å²) in [5, 5.41) is 10.5. The number of carbonyl (C=O) groups is 1. The van der Waals surface area contributed by atoms with Gasteiger partial charge in [-0.25, -0.2) is 17.5 Å². The number of aromatic nitrogens is 3. The average Bonchev–Trinajstić information content (AvgIpc) is 2.94. The molecule has 2 aromatic carbocycles. The highest BCUT2D eigenvalue weighted by Crippen LogP contribution is 2.23. The summed E-state index contributed by atoms with van der Waals surface area (Å²) in [5.41, 5.74) is 1.38. The first kappa shape index (κ1) is 20.0. The molecular weight excluding hydrogens is 407 g/mol. The van der Waals surface area contributed by atoms with Crippen LogP contribution in [0.1, 0.15) is 21.6 Å². The van der Waals surface area contributed by atoms with E-state index in [1.54, 1.807) is 19.1 Å². The lowest BCUT2D eigenvalue weighted by atomic mass is 10.2. The molecule has 1 aromatic heterocycles. The molecule has 0 spiro atoms. The first-order chi connectivity index (χ1) is 13.1. The second-order valence-corrected chi connectivity index (χ2v) is 8.57. The SMILES string of the molecule is Cc1c(NC(=O)c2ccc(Cl)c(S(C)(=O)=O)c2)nnn1Cc1cccc(F)c1. The molecule has 1 heterocycles. The van der Waals surface area contributed by atoms with E-state index in [-0.39, 0.29) is 33.7 Å². The molecule has 3 rings (SSSR count). The minimum absolute atomic E-state index is 0.0382. The van der Waals surface area contributed by atoms with Crippen LogP contribution < -0.4 is 5.32 Å². The fourth-order valence-electron chi connectivity index (χ4n) is 2.54. The molecule has 0 aliphatic carbocycles. The third kappa shape index (κ3) is 4.37. The Balaban J connectivity index is 1.81. The van der Waals surface area contributed by atoms with Crippen LogP contribution >= 0.6 is 11.6 Å². The fraction of sp³-hybridized carbons (Fsp3) is 0.167. The minimum atomic E-state index is -3.58. The third-order valence-electron chi connectivity index (χ3n) is 4.03. The van der Waals surface area contributed by atoms with Gasteiger partial charge in [0.25, 0.3) is 5.91 Å². The molecule has 0 fully saturated rings. The first-order valence-electron chi connectivity index (χ1n) is 8.10. The smallest absolute Gasteiger partial charge is 0.256 e. The van der Waals surface area contributed by atoms with Crippen molar-refractivity contribution in [1.29, 1.82) is 0 Å². The Morgan fingerprint density at radius 1 is 1.25 bits per heavy atom. The predicted octanol–water partition coefficient (Wildman–Crippen LogP) is 3.08. The van der Waals surface area contributed by atoms with Crippen LogP contribution in [0.15, 0.2) is 47.4 Å². The number of hydrogen-bond acceptors (Lipinski definition) is 5. The third-order valence-corrected chi connectivity index (χ3v) is 5.61. The van der Waals surface area contributed by atoms with Crippen LogP contribution in [-0.4, -0.2) is 35.6 Å². The van der Waals surface area contributed by atoms with Gasteiger partial charge in [0.05, 0.1) is 22.2 Å². The maximum atomic E-state index is 13.3. The topological polar surface area (TPSA) is 93.9 Å². The van der Waals surface area contributed by atoms with Crippen LogP contribution in [0.3, 0.4) is 0 Å². The van der Waals surface area contributed by atoms with Gasteiger partial charge in [-0.2, -0.15) is 0 Å². The van der Waals surface area contributed by atoms with E-state index in [1.165, 1.54) is 35.0 Å². The molecule has 0 bridgehead atoms. The number of rotatable bonds is 5. The number of benzene rings is 2. The van der Waals surface area contributed by atoms with Crippen LogP contribution in [0, 0.1) is 12.7 Å². The molecule has 0 unspecified atom stereocenters. The highest BCUT2D eigenvalue weighted by molar-refractivity contribution is 7.90. The van der Waals surface area contributed by atoms with E-state index in [2.05, 4.69) is 15.6 Å². The number of amides is 1. The summed E-state index contributed by atoms with van der Waals surface area (Å²) in [7, 11) is -3.58. The van der Waals surface area contributed by atoms with Gasteiger partial charge >= 0.3 is 0 Å². The lowest BCUT2D eigenvalue weighted by Gasteiger charge is -2.07. The number of sulfone groups is 1. The Hall–Kier alpha value is -2.78. The molecule has 0 saturated heterocycles. The molecule has 3 aromatic rings. The maximum Gasteiger partial charge on any atom is 0.256 e. The minimum Gasteiger partial charge on any atom is -0.303 e. The zero-order valence-corrected chi connectivity index (χ0v) is 16.6. The highest BCUT2D eigenvalue weighted by atomic mass is 35.5. The standard InChI is InChI=1S/C18H16ClFN4O3S/c1-11-17(22-23-24(11)10-12-4-3-5-14(20)8-12)21-18(25)13-6-7-15(19)16(9-13)28(2,26)27/h3-9H,10H2,1-2H3,(H,21,25). The number of anilines is 1. The Kier molecular flexibility index (Phi) is 5.48. The molecule has 0 radical (unpaired) electrons. The van der Waals surface area contributed by atoms with Crippen molar-refractivity contribution in [2.24, 2.45) is 0 Å². The normalized spacial score (nSPS) is 11.4. The van der Waals surface area contributed by atoms with Gasteiger partial charge in [-0.15, -0.1) is 5.10 Å². The average molecular weight is 423 g/mol. The maximum absolute atomic E-state index is 13.3. The number of nitrogens with zero attached hydrogens (tertiary/aromatic N) is 3. The van der Waals surface area contributed by atoms with E-state index >= 15 is 0 Å². The van der Waals surface area contributed by atoms with Gasteiger partial charge in [0.1, 0.15) is 5.82 Å². The Labute approximate surface area is 166 Å². The molecule has 7 nitrogen and oxygen atoms in total. The Morgan fingerprint density at radius 2 is 2.00 bits per heavy atom. The Bertz CT molecular complexity index is 1160. The summed E-state index contributed by atoms with van der Waals surface area (Å²) >= 11 is 5.90. The summed E-state index contributed by atoms with van der Waals surface area (Å²) in [5.74, 6) is -0.687. The molecule has 10 heteroatoms. The second-order valence-electron chi connectivity index (χ2n) is 6.18. The van der Waals surface area contributed by atoms with Crippen LogP contribution in [0.5, 0.6) is 0 Å². The molecule has 0 saturated carbocycles. The molecule has 0 aliphatic rings. The zero-order valence-electron chi connectivity index (χ0n) is 15.0. The van der Waals surface area contributed by atoms with Crippen molar-refractivity contribution in [2.45, 2.75) is 18.4 Å². The van der Waals surface area contributed by atoms with E-state index in [9.17, 15) is 17.6 Å². The van der Waals surface area contributed by atoms with Crippen molar-refractivity contribution >= 4 is 33.2 Å². The largest absolute Gasteiger partial charge is 0.303 e. The molecular formula is C18H16ClFN4O3S. The lowest BCUT2D eigenvalue weighted by Crippen LogP contribution is -2.14. The van der Waals surface area contributed by atoms with Crippen LogP contribution in [0.2, 0.25) is 5.02 Å². The van der Waals surface area contributed by atoms with Crippen LogP contribution in [0.25, 0.3) is 0 Å². The zero-order chi connectivity index (χ0) is 20.5. The van der Waals surface area contributed by atoms with Crippen molar-refractivity contribution in [3.63, 3.8) is 0 Å². The van der Waals surface area contributed by atoms with Crippen LogP contribution in [0.4, 0.5) is 10.2 Å². The van der Waals surface area contributed by atoms with Gasteiger partial charge in [0.2, 0.25) is 0 Å². The summed E-state index contributed by atoms with van der Waals surface area (Å²) < 4.78 is 38.4. The van der Waals surface area contributed by atoms with Crippen molar-refractivity contribution in [3.8, 4) is 0 Å². The van der Waals surface area contributed by atoms with Crippen molar-refractivity contribution in [2.75, 3.05) is 11.6 Å². The van der Waals surface area contributed by atoms with Gasteiger partial charge < -0.3 is 5.32 Å². The lowest BCUT2D eigenvalue weighted by molar-refractivity contribution is 0.102.